The zero-order valence-corrected chi connectivity index (χ0v) is 10.6. The Morgan fingerprint density at radius 2 is 2.06 bits per heavy atom. The summed E-state index contributed by atoms with van der Waals surface area (Å²) in [6.07, 6.45) is 1.18. The average Bonchev–Trinajstić information content (AvgIpc) is 2.59. The topological polar surface area (TPSA) is 131 Å². The summed E-state index contributed by atoms with van der Waals surface area (Å²) < 4.78 is 23.4. The van der Waals surface area contributed by atoms with Crippen LogP contribution in [0.15, 0.2) is 17.2 Å². The Labute approximate surface area is 103 Å². The predicted octanol–water partition coefficient (Wildman–Crippen LogP) is -1.12. The van der Waals surface area contributed by atoms with E-state index in [2.05, 4.69) is 5.32 Å². The fraction of sp³-hybridized carbons (Fsp3) is 0.333. The summed E-state index contributed by atoms with van der Waals surface area (Å²) in [7, 11) is -2.45. The zero-order chi connectivity index (χ0) is 14.1. The first-order chi connectivity index (χ1) is 8.12. The number of nitrogens with one attached hydrogen (secondary N) is 1. The van der Waals surface area contributed by atoms with Gasteiger partial charge in [0.05, 0.1) is 0 Å². The van der Waals surface area contributed by atoms with Crippen molar-refractivity contribution in [2.75, 3.05) is 0 Å². The molecule has 0 saturated heterocycles. The maximum atomic E-state index is 11.7. The second-order valence-corrected chi connectivity index (χ2v) is 5.31. The molecule has 1 rings (SSSR count). The molecule has 0 fully saturated rings. The highest BCUT2D eigenvalue weighted by atomic mass is 32.2. The van der Waals surface area contributed by atoms with Gasteiger partial charge < -0.3 is 15.0 Å². The number of carbonyl (C=O) groups excluding carboxylic acids is 1. The molecule has 0 bridgehead atoms. The summed E-state index contributed by atoms with van der Waals surface area (Å²) >= 11 is 0. The van der Waals surface area contributed by atoms with Crippen LogP contribution >= 0.6 is 0 Å². The van der Waals surface area contributed by atoms with Gasteiger partial charge in [-0.2, -0.15) is 0 Å². The molecule has 9 heteroatoms. The van der Waals surface area contributed by atoms with Gasteiger partial charge in [0.2, 0.25) is 10.0 Å². The Morgan fingerprint density at radius 1 is 1.50 bits per heavy atom. The van der Waals surface area contributed by atoms with Crippen LogP contribution in [0.25, 0.3) is 0 Å². The third-order valence-electron chi connectivity index (χ3n) is 2.26. The van der Waals surface area contributed by atoms with Gasteiger partial charge in [-0.15, -0.1) is 0 Å². The largest absolute Gasteiger partial charge is 0.480 e. The number of carboxylic acids is 1. The molecule has 100 valence electrons. The highest BCUT2D eigenvalue weighted by molar-refractivity contribution is 7.89. The lowest BCUT2D eigenvalue weighted by Crippen LogP contribution is -2.39. The molecule has 0 radical (unpaired) electrons. The lowest BCUT2D eigenvalue weighted by atomic mass is 10.3. The fourth-order valence-electron chi connectivity index (χ4n) is 1.25. The minimum absolute atomic E-state index is 0.00660. The Hall–Kier alpha value is -1.87. The smallest absolute Gasteiger partial charge is 0.325 e. The Balaban J connectivity index is 3.01. The number of aryl methyl sites for hydroxylation is 1. The number of carboxylic acid groups (broad SMARTS) is 1. The molecule has 0 saturated carbocycles. The van der Waals surface area contributed by atoms with E-state index < -0.39 is 27.9 Å². The quantitative estimate of drug-likeness (QED) is 0.640. The van der Waals surface area contributed by atoms with E-state index in [9.17, 15) is 18.0 Å². The van der Waals surface area contributed by atoms with Gasteiger partial charge in [-0.3, -0.25) is 9.59 Å². The van der Waals surface area contributed by atoms with Gasteiger partial charge in [-0.05, 0) is 13.0 Å². The van der Waals surface area contributed by atoms with Gasteiger partial charge in [0.1, 0.15) is 16.6 Å². The van der Waals surface area contributed by atoms with E-state index in [0.717, 1.165) is 6.07 Å². The highest BCUT2D eigenvalue weighted by Gasteiger charge is 2.20. The lowest BCUT2D eigenvalue weighted by Gasteiger charge is -2.09. The molecule has 0 aliphatic carbocycles. The first kappa shape index (κ1) is 14.2. The summed E-state index contributed by atoms with van der Waals surface area (Å²) in [5.74, 6) is -1.88. The molecule has 4 N–H and O–H groups in total. The molecule has 1 heterocycles. The van der Waals surface area contributed by atoms with Gasteiger partial charge >= 0.3 is 5.97 Å². The van der Waals surface area contributed by atoms with Gasteiger partial charge in [-0.1, -0.05) is 0 Å². The van der Waals surface area contributed by atoms with Crippen molar-refractivity contribution < 1.29 is 23.1 Å². The van der Waals surface area contributed by atoms with Crippen molar-refractivity contribution in [1.29, 1.82) is 0 Å². The van der Waals surface area contributed by atoms with Crippen molar-refractivity contribution in [3.8, 4) is 0 Å². The number of rotatable bonds is 4. The number of carbonyl (C=O) groups is 2. The van der Waals surface area contributed by atoms with E-state index in [0.29, 0.717) is 0 Å². The molecule has 8 nitrogen and oxygen atoms in total. The molecule has 1 aromatic rings. The van der Waals surface area contributed by atoms with Crippen LogP contribution in [0.4, 0.5) is 0 Å². The maximum Gasteiger partial charge on any atom is 0.325 e. The van der Waals surface area contributed by atoms with Crippen LogP contribution in [0, 0.1) is 0 Å². The molecule has 0 aromatic carbocycles. The van der Waals surface area contributed by atoms with E-state index in [4.69, 9.17) is 10.2 Å². The SMILES string of the molecule is C[C@H](NC(=O)c1cc(S(N)(=O)=O)cn1C)C(=O)O. The Morgan fingerprint density at radius 3 is 2.44 bits per heavy atom. The van der Waals surface area contributed by atoms with Gasteiger partial charge in [-0.25, -0.2) is 13.6 Å². The van der Waals surface area contributed by atoms with E-state index in [1.165, 1.54) is 24.7 Å². The molecule has 1 amide bonds. The van der Waals surface area contributed by atoms with E-state index in [1.54, 1.807) is 0 Å². The maximum absolute atomic E-state index is 11.7. The predicted molar refractivity (Wildman–Crippen MR) is 61.4 cm³/mol. The van der Waals surface area contributed by atoms with Crippen LogP contribution < -0.4 is 10.5 Å². The highest BCUT2D eigenvalue weighted by Crippen LogP contribution is 2.11. The number of nitrogens with zero attached hydrogens (tertiary/aromatic N) is 1. The molecule has 0 aliphatic rings. The van der Waals surface area contributed by atoms with Crippen molar-refractivity contribution >= 4 is 21.9 Å². The van der Waals surface area contributed by atoms with E-state index >= 15 is 0 Å². The minimum Gasteiger partial charge on any atom is -0.480 e. The number of nitrogens with two attached hydrogens (primary N) is 1. The Bertz CT molecular complexity index is 589. The van der Waals surface area contributed by atoms with Gasteiger partial charge in [0.25, 0.3) is 5.91 Å². The number of amides is 1. The fourth-order valence-corrected chi connectivity index (χ4v) is 1.83. The van der Waals surface area contributed by atoms with Crippen molar-refractivity contribution in [1.82, 2.24) is 9.88 Å². The van der Waals surface area contributed by atoms with Crippen molar-refractivity contribution in [3.63, 3.8) is 0 Å². The standard InChI is InChI=1S/C9H13N3O5S/c1-5(9(14)15)11-8(13)7-3-6(4-12(7)2)18(10,16)17/h3-5H,1-2H3,(H,11,13)(H,14,15)(H2,10,16,17)/t5-/m0/s1. The normalized spacial score (nSPS) is 13.1. The molecular formula is C9H13N3O5S. The number of sulfonamides is 1. The first-order valence-corrected chi connectivity index (χ1v) is 6.40. The number of primary sulfonamides is 1. The Kier molecular flexibility index (Phi) is 3.77. The number of hydrogen-bond donors (Lipinski definition) is 3. The van der Waals surface area contributed by atoms with Crippen molar-refractivity contribution in [2.24, 2.45) is 12.2 Å². The van der Waals surface area contributed by atoms with Crippen LogP contribution in [-0.2, 0) is 21.9 Å². The van der Waals surface area contributed by atoms with Gasteiger partial charge in [0, 0.05) is 13.2 Å². The second kappa shape index (κ2) is 4.78. The number of hydrogen-bond acceptors (Lipinski definition) is 4. The van der Waals surface area contributed by atoms with Crippen LogP contribution in [0.1, 0.15) is 17.4 Å². The molecule has 18 heavy (non-hydrogen) atoms. The monoisotopic (exact) mass is 275 g/mol. The number of aromatic nitrogens is 1. The second-order valence-electron chi connectivity index (χ2n) is 3.75. The summed E-state index contributed by atoms with van der Waals surface area (Å²) in [6, 6.07) is 0.00418. The van der Waals surface area contributed by atoms with Gasteiger partial charge in [0.15, 0.2) is 0 Å². The lowest BCUT2D eigenvalue weighted by molar-refractivity contribution is -0.138. The van der Waals surface area contributed by atoms with E-state index in [-0.39, 0.29) is 10.6 Å². The third-order valence-corrected chi connectivity index (χ3v) is 3.14. The molecule has 0 aliphatic heterocycles. The molecule has 1 atom stereocenters. The molecular weight excluding hydrogens is 262 g/mol. The van der Waals surface area contributed by atoms with Crippen LogP contribution in [0.2, 0.25) is 0 Å². The first-order valence-electron chi connectivity index (χ1n) is 4.85. The zero-order valence-electron chi connectivity index (χ0n) is 9.75. The number of aliphatic carboxylic acids is 1. The van der Waals surface area contributed by atoms with Crippen LogP contribution in [0.5, 0.6) is 0 Å². The molecule has 0 unspecified atom stereocenters. The molecule has 0 spiro atoms. The third kappa shape index (κ3) is 3.08. The average molecular weight is 275 g/mol. The van der Waals surface area contributed by atoms with E-state index in [1.807, 2.05) is 0 Å². The summed E-state index contributed by atoms with van der Waals surface area (Å²) in [4.78, 5) is 22.1. The van der Waals surface area contributed by atoms with Crippen molar-refractivity contribution in [3.05, 3.63) is 18.0 Å². The summed E-state index contributed by atoms with van der Waals surface area (Å²) in [5, 5.41) is 15.8. The van der Waals surface area contributed by atoms with Crippen molar-refractivity contribution in [2.45, 2.75) is 17.9 Å². The molecule has 1 aromatic heterocycles. The van der Waals surface area contributed by atoms with Crippen LogP contribution in [0.3, 0.4) is 0 Å². The minimum atomic E-state index is -3.90. The van der Waals surface area contributed by atoms with Crippen LogP contribution in [-0.4, -0.2) is 36.0 Å². The summed E-state index contributed by atoms with van der Waals surface area (Å²) in [6.45, 7) is 1.30. The summed E-state index contributed by atoms with van der Waals surface area (Å²) in [5.41, 5.74) is 0.00660.